The number of hydrogen-bond donors (Lipinski definition) is 3. The largest absolute Gasteiger partial charge is 0.466 e. The van der Waals surface area contributed by atoms with Gasteiger partial charge in [0.2, 0.25) is 0 Å². The van der Waals surface area contributed by atoms with Gasteiger partial charge in [-0.15, -0.1) is 24.0 Å². The smallest absolute Gasteiger partial charge is 0.191 e. The van der Waals surface area contributed by atoms with E-state index >= 15 is 0 Å². The summed E-state index contributed by atoms with van der Waals surface area (Å²) in [4.78, 5) is 4.25. The van der Waals surface area contributed by atoms with Crippen molar-refractivity contribution < 1.29 is 14.3 Å². The molecular formula is C16H28IN3O3. The van der Waals surface area contributed by atoms with Gasteiger partial charge in [0.15, 0.2) is 5.96 Å². The number of aryl methyl sites for hydroxylation is 2. The average Bonchev–Trinajstić information content (AvgIpc) is 3.07. The van der Waals surface area contributed by atoms with Crippen LogP contribution in [0.25, 0.3) is 0 Å². The first-order valence-electron chi connectivity index (χ1n) is 7.77. The van der Waals surface area contributed by atoms with Crippen molar-refractivity contribution in [2.75, 3.05) is 33.4 Å². The first-order valence-corrected chi connectivity index (χ1v) is 7.77. The van der Waals surface area contributed by atoms with Crippen LogP contribution in [0.3, 0.4) is 0 Å². The molecule has 23 heavy (non-hydrogen) atoms. The molecule has 2 heterocycles. The fourth-order valence-electron chi connectivity index (χ4n) is 2.84. The molecule has 0 radical (unpaired) electrons. The highest BCUT2D eigenvalue weighted by atomic mass is 127. The molecule has 1 atom stereocenters. The van der Waals surface area contributed by atoms with Crippen LogP contribution in [0.1, 0.15) is 29.9 Å². The minimum atomic E-state index is 0. The second kappa shape index (κ2) is 9.48. The first kappa shape index (κ1) is 20.2. The van der Waals surface area contributed by atoms with Gasteiger partial charge in [-0.05, 0) is 32.8 Å². The number of nitrogens with zero attached hydrogens (tertiary/aromatic N) is 1. The van der Waals surface area contributed by atoms with Crippen molar-refractivity contribution in [2.45, 2.75) is 33.2 Å². The number of rotatable bonds is 6. The molecule has 0 bridgehead atoms. The fourth-order valence-corrected chi connectivity index (χ4v) is 2.84. The first-order chi connectivity index (χ1) is 10.6. The van der Waals surface area contributed by atoms with Crippen molar-refractivity contribution in [2.24, 2.45) is 10.4 Å². The normalized spacial score (nSPS) is 21.1. The van der Waals surface area contributed by atoms with Gasteiger partial charge in [-0.2, -0.15) is 0 Å². The van der Waals surface area contributed by atoms with Crippen LogP contribution in [-0.4, -0.2) is 44.5 Å². The summed E-state index contributed by atoms with van der Waals surface area (Å²) in [6.45, 7) is 6.97. The van der Waals surface area contributed by atoms with E-state index in [-0.39, 0.29) is 36.0 Å². The van der Waals surface area contributed by atoms with E-state index in [1.54, 1.807) is 7.05 Å². The fraction of sp³-hybridized carbons (Fsp3) is 0.688. The number of furan rings is 1. The molecule has 132 valence electrons. The van der Waals surface area contributed by atoms with Crippen LogP contribution in [0.15, 0.2) is 15.5 Å². The molecule has 1 aliphatic heterocycles. The molecule has 2 rings (SSSR count). The quantitative estimate of drug-likeness (QED) is 0.361. The molecule has 7 heteroatoms. The van der Waals surface area contributed by atoms with E-state index in [1.165, 1.54) is 0 Å². The monoisotopic (exact) mass is 437 g/mol. The topological polar surface area (TPSA) is 79.0 Å². The molecule has 1 unspecified atom stereocenters. The Hall–Kier alpha value is -0.800. The van der Waals surface area contributed by atoms with Gasteiger partial charge in [-0.25, -0.2) is 0 Å². The lowest BCUT2D eigenvalue weighted by atomic mass is 9.84. The van der Waals surface area contributed by atoms with Crippen molar-refractivity contribution in [1.29, 1.82) is 0 Å². The molecule has 0 aromatic carbocycles. The Morgan fingerprint density at radius 1 is 1.39 bits per heavy atom. The van der Waals surface area contributed by atoms with Gasteiger partial charge in [0.05, 0.1) is 6.61 Å². The summed E-state index contributed by atoms with van der Waals surface area (Å²) in [5.74, 6) is 2.60. The number of halogens is 1. The summed E-state index contributed by atoms with van der Waals surface area (Å²) in [7, 11) is 1.76. The molecule has 0 amide bonds. The SMILES string of the molecule is CN=C(NCc1cc(C)oc1C)NCC1(CCO)CCOC1.I. The van der Waals surface area contributed by atoms with Gasteiger partial charge in [0.1, 0.15) is 11.5 Å². The molecule has 0 saturated carbocycles. The Labute approximate surface area is 155 Å². The van der Waals surface area contributed by atoms with Crippen LogP contribution < -0.4 is 10.6 Å². The third-order valence-electron chi connectivity index (χ3n) is 4.27. The van der Waals surface area contributed by atoms with Gasteiger partial charge in [0.25, 0.3) is 0 Å². The number of hydrogen-bond acceptors (Lipinski definition) is 4. The van der Waals surface area contributed by atoms with Gasteiger partial charge in [-0.1, -0.05) is 0 Å². The van der Waals surface area contributed by atoms with E-state index in [1.807, 2.05) is 19.9 Å². The van der Waals surface area contributed by atoms with Gasteiger partial charge >= 0.3 is 0 Å². The maximum atomic E-state index is 9.26. The van der Waals surface area contributed by atoms with E-state index in [4.69, 9.17) is 9.15 Å². The lowest BCUT2D eigenvalue weighted by Gasteiger charge is -2.27. The van der Waals surface area contributed by atoms with Crippen molar-refractivity contribution in [1.82, 2.24) is 10.6 Å². The van der Waals surface area contributed by atoms with Gasteiger partial charge in [0, 0.05) is 44.3 Å². The highest BCUT2D eigenvalue weighted by Crippen LogP contribution is 2.31. The summed E-state index contributed by atoms with van der Waals surface area (Å²) in [5.41, 5.74) is 1.14. The van der Waals surface area contributed by atoms with Crippen molar-refractivity contribution in [3.8, 4) is 0 Å². The highest BCUT2D eigenvalue weighted by Gasteiger charge is 2.34. The molecule has 0 aliphatic carbocycles. The summed E-state index contributed by atoms with van der Waals surface area (Å²) in [6.07, 6.45) is 1.72. The number of aliphatic hydroxyl groups excluding tert-OH is 1. The predicted molar refractivity (Wildman–Crippen MR) is 101 cm³/mol. The van der Waals surface area contributed by atoms with Crippen LogP contribution in [0.4, 0.5) is 0 Å². The Balaban J connectivity index is 0.00000264. The molecule has 1 aliphatic rings. The van der Waals surface area contributed by atoms with E-state index in [2.05, 4.69) is 15.6 Å². The molecule has 1 aromatic heterocycles. The molecule has 3 N–H and O–H groups in total. The van der Waals surface area contributed by atoms with Gasteiger partial charge < -0.3 is 24.9 Å². The zero-order valence-electron chi connectivity index (χ0n) is 14.1. The zero-order valence-corrected chi connectivity index (χ0v) is 16.5. The standard InChI is InChI=1S/C16H27N3O3.HI/c1-12-8-14(13(2)22-12)9-18-15(17-3)19-10-16(4-6-20)5-7-21-11-16;/h8,20H,4-7,9-11H2,1-3H3,(H2,17,18,19);1H. The van der Waals surface area contributed by atoms with Crippen LogP contribution in [0.5, 0.6) is 0 Å². The molecule has 1 saturated heterocycles. The average molecular weight is 437 g/mol. The molecule has 1 aromatic rings. The lowest BCUT2D eigenvalue weighted by molar-refractivity contribution is 0.127. The third kappa shape index (κ3) is 5.65. The summed E-state index contributed by atoms with van der Waals surface area (Å²) >= 11 is 0. The van der Waals surface area contributed by atoms with E-state index in [0.717, 1.165) is 49.0 Å². The second-order valence-corrected chi connectivity index (χ2v) is 5.99. The zero-order chi connectivity index (χ0) is 16.0. The Morgan fingerprint density at radius 3 is 2.70 bits per heavy atom. The Morgan fingerprint density at radius 2 is 2.17 bits per heavy atom. The summed E-state index contributed by atoms with van der Waals surface area (Å²) < 4.78 is 11.0. The number of aliphatic hydroxyl groups is 1. The Kier molecular flexibility index (Phi) is 8.35. The van der Waals surface area contributed by atoms with Crippen molar-refractivity contribution in [3.63, 3.8) is 0 Å². The molecule has 0 spiro atoms. The number of aliphatic imine (C=N–C) groups is 1. The lowest BCUT2D eigenvalue weighted by Crippen LogP contribution is -2.44. The minimum Gasteiger partial charge on any atom is -0.466 e. The summed E-state index contributed by atoms with van der Waals surface area (Å²) in [5, 5.41) is 15.9. The number of nitrogens with one attached hydrogen (secondary N) is 2. The molecular weight excluding hydrogens is 409 g/mol. The molecule has 6 nitrogen and oxygen atoms in total. The van der Waals surface area contributed by atoms with E-state index < -0.39 is 0 Å². The van der Waals surface area contributed by atoms with E-state index in [0.29, 0.717) is 13.2 Å². The van der Waals surface area contributed by atoms with Gasteiger partial charge in [-0.3, -0.25) is 4.99 Å². The second-order valence-electron chi connectivity index (χ2n) is 5.99. The molecule has 1 fully saturated rings. The Bertz CT molecular complexity index is 511. The van der Waals surface area contributed by atoms with Crippen molar-refractivity contribution >= 4 is 29.9 Å². The minimum absolute atomic E-state index is 0. The van der Waals surface area contributed by atoms with Crippen LogP contribution in [-0.2, 0) is 11.3 Å². The highest BCUT2D eigenvalue weighted by molar-refractivity contribution is 14.0. The van der Waals surface area contributed by atoms with Crippen LogP contribution >= 0.6 is 24.0 Å². The van der Waals surface area contributed by atoms with Crippen LogP contribution in [0, 0.1) is 19.3 Å². The van der Waals surface area contributed by atoms with E-state index in [9.17, 15) is 5.11 Å². The van der Waals surface area contributed by atoms with Crippen molar-refractivity contribution in [3.05, 3.63) is 23.2 Å². The number of ether oxygens (including phenoxy) is 1. The van der Waals surface area contributed by atoms with Crippen LogP contribution in [0.2, 0.25) is 0 Å². The number of guanidine groups is 1. The maximum Gasteiger partial charge on any atom is 0.191 e. The third-order valence-corrected chi connectivity index (χ3v) is 4.27. The maximum absolute atomic E-state index is 9.26. The predicted octanol–water partition coefficient (Wildman–Crippen LogP) is 1.97. The summed E-state index contributed by atoms with van der Waals surface area (Å²) in [6, 6.07) is 2.04.